The van der Waals surface area contributed by atoms with E-state index < -0.39 is 12.0 Å². The van der Waals surface area contributed by atoms with Crippen LogP contribution >= 0.6 is 0 Å². The number of fused-ring (bicyclic) bond motifs is 1. The molecule has 1 aliphatic heterocycles. The van der Waals surface area contributed by atoms with Crippen LogP contribution in [0.2, 0.25) is 0 Å². The minimum Gasteiger partial charge on any atom is -0.493 e. The van der Waals surface area contributed by atoms with Crippen LogP contribution in [0, 0.1) is 0 Å². The summed E-state index contributed by atoms with van der Waals surface area (Å²) in [5, 5.41) is 7.58. The molecule has 2 aromatic rings. The second-order valence-electron chi connectivity index (χ2n) is 6.34. The number of rotatable bonds is 8. The Morgan fingerprint density at radius 2 is 1.90 bits per heavy atom. The summed E-state index contributed by atoms with van der Waals surface area (Å²) < 4.78 is 23.6. The van der Waals surface area contributed by atoms with E-state index in [-0.39, 0.29) is 6.61 Å². The van der Waals surface area contributed by atoms with Crippen LogP contribution < -0.4 is 19.5 Å². The molecule has 1 aromatic heterocycles. The fourth-order valence-electron chi connectivity index (χ4n) is 3.54. The number of allylic oxidation sites excluding steroid dienone is 1. The van der Waals surface area contributed by atoms with Gasteiger partial charge in [0, 0.05) is 11.3 Å². The zero-order valence-corrected chi connectivity index (χ0v) is 17.3. The fourth-order valence-corrected chi connectivity index (χ4v) is 3.54. The summed E-state index contributed by atoms with van der Waals surface area (Å²) in [7, 11) is 4.64. The SMILES string of the molecule is CCCC1=C(C(=O)OCC)[C@H](c2ccc(OC)c(OC)c2OC)n2ncnc2N1. The zero-order chi connectivity index (χ0) is 21.0. The standard InChI is InChI=1S/C20H26N4O5/c1-6-8-13-15(19(25)29-7-2)16(24-20(23-13)21-11-22-24)12-9-10-14(26-3)18(28-5)17(12)27-4/h9-11,16H,6-8H2,1-5H3,(H,21,22,23)/t16-/m0/s1. The first-order valence-electron chi connectivity index (χ1n) is 9.46. The topological polar surface area (TPSA) is 96.7 Å². The molecule has 29 heavy (non-hydrogen) atoms. The van der Waals surface area contributed by atoms with E-state index in [1.165, 1.54) is 13.4 Å². The average Bonchev–Trinajstić information content (AvgIpc) is 3.20. The van der Waals surface area contributed by atoms with Gasteiger partial charge in [-0.2, -0.15) is 10.1 Å². The molecule has 0 spiro atoms. The molecular formula is C20H26N4O5. The Morgan fingerprint density at radius 1 is 1.14 bits per heavy atom. The molecule has 1 aliphatic rings. The lowest BCUT2D eigenvalue weighted by atomic mass is 9.93. The second-order valence-corrected chi connectivity index (χ2v) is 6.34. The number of aromatic nitrogens is 3. The third-order valence-corrected chi connectivity index (χ3v) is 4.70. The Balaban J connectivity index is 2.28. The molecule has 9 heteroatoms. The third kappa shape index (κ3) is 3.59. The van der Waals surface area contributed by atoms with E-state index >= 15 is 0 Å². The number of anilines is 1. The van der Waals surface area contributed by atoms with Crippen molar-refractivity contribution in [3.05, 3.63) is 35.3 Å². The quantitative estimate of drug-likeness (QED) is 0.673. The number of carbonyl (C=O) groups is 1. The summed E-state index contributed by atoms with van der Waals surface area (Å²) in [5.74, 6) is 1.55. The smallest absolute Gasteiger partial charge is 0.338 e. The molecule has 0 aliphatic carbocycles. The maximum absolute atomic E-state index is 13.0. The van der Waals surface area contributed by atoms with Gasteiger partial charge in [0.1, 0.15) is 12.4 Å². The van der Waals surface area contributed by atoms with Crippen LogP contribution in [0.4, 0.5) is 5.95 Å². The molecule has 156 valence electrons. The van der Waals surface area contributed by atoms with Crippen molar-refractivity contribution in [1.82, 2.24) is 14.8 Å². The van der Waals surface area contributed by atoms with Crippen molar-refractivity contribution in [3.8, 4) is 17.2 Å². The lowest BCUT2D eigenvalue weighted by Crippen LogP contribution is -2.30. The predicted octanol–water partition coefficient (Wildman–Crippen LogP) is 2.94. The van der Waals surface area contributed by atoms with Crippen LogP contribution in [0.3, 0.4) is 0 Å². The fraction of sp³-hybridized carbons (Fsp3) is 0.450. The van der Waals surface area contributed by atoms with Crippen molar-refractivity contribution in [1.29, 1.82) is 0 Å². The molecule has 9 nitrogen and oxygen atoms in total. The monoisotopic (exact) mass is 402 g/mol. The van der Waals surface area contributed by atoms with E-state index in [1.807, 2.05) is 13.0 Å². The molecule has 0 unspecified atom stereocenters. The van der Waals surface area contributed by atoms with Crippen LogP contribution in [-0.4, -0.2) is 48.7 Å². The zero-order valence-electron chi connectivity index (χ0n) is 17.3. The number of methoxy groups -OCH3 is 3. The number of carbonyl (C=O) groups excluding carboxylic acids is 1. The maximum Gasteiger partial charge on any atom is 0.338 e. The number of nitrogens with one attached hydrogen (secondary N) is 1. The number of hydrogen-bond acceptors (Lipinski definition) is 8. The minimum atomic E-state index is -0.593. The molecule has 1 N–H and O–H groups in total. The molecule has 0 amide bonds. The van der Waals surface area contributed by atoms with Crippen LogP contribution in [0.5, 0.6) is 17.2 Å². The summed E-state index contributed by atoms with van der Waals surface area (Å²) in [6.45, 7) is 4.09. The van der Waals surface area contributed by atoms with Gasteiger partial charge in [-0.05, 0) is 25.5 Å². The highest BCUT2D eigenvalue weighted by Crippen LogP contribution is 2.47. The van der Waals surface area contributed by atoms with Gasteiger partial charge in [-0.1, -0.05) is 13.3 Å². The molecule has 0 bridgehead atoms. The number of ether oxygens (including phenoxy) is 4. The van der Waals surface area contributed by atoms with Crippen LogP contribution in [0.15, 0.2) is 29.7 Å². The van der Waals surface area contributed by atoms with Gasteiger partial charge >= 0.3 is 5.97 Å². The third-order valence-electron chi connectivity index (χ3n) is 4.70. The number of hydrogen-bond donors (Lipinski definition) is 1. The van der Waals surface area contributed by atoms with Crippen molar-refractivity contribution < 1.29 is 23.7 Å². The molecule has 0 saturated heterocycles. The lowest BCUT2D eigenvalue weighted by Gasteiger charge is -2.30. The van der Waals surface area contributed by atoms with Gasteiger partial charge in [0.15, 0.2) is 11.5 Å². The summed E-state index contributed by atoms with van der Waals surface area (Å²) in [6.07, 6.45) is 2.95. The minimum absolute atomic E-state index is 0.266. The highest BCUT2D eigenvalue weighted by molar-refractivity contribution is 5.92. The highest BCUT2D eigenvalue weighted by atomic mass is 16.5. The molecule has 0 fully saturated rings. The molecule has 1 aromatic carbocycles. The first-order chi connectivity index (χ1) is 14.1. The van der Waals surface area contributed by atoms with Gasteiger partial charge in [-0.3, -0.25) is 0 Å². The van der Waals surface area contributed by atoms with Crippen LogP contribution in [0.25, 0.3) is 0 Å². The van der Waals surface area contributed by atoms with Gasteiger partial charge in [-0.15, -0.1) is 0 Å². The summed E-state index contributed by atoms with van der Waals surface area (Å²) in [5.41, 5.74) is 1.92. The van der Waals surface area contributed by atoms with E-state index in [1.54, 1.807) is 31.9 Å². The summed E-state index contributed by atoms with van der Waals surface area (Å²) in [6, 6.07) is 3.02. The first kappa shape index (κ1) is 20.5. The van der Waals surface area contributed by atoms with Crippen molar-refractivity contribution in [2.24, 2.45) is 0 Å². The van der Waals surface area contributed by atoms with Crippen LogP contribution in [0.1, 0.15) is 38.3 Å². The summed E-state index contributed by atoms with van der Waals surface area (Å²) in [4.78, 5) is 17.3. The first-order valence-corrected chi connectivity index (χ1v) is 9.46. The van der Waals surface area contributed by atoms with E-state index in [9.17, 15) is 4.79 Å². The van der Waals surface area contributed by atoms with E-state index in [0.717, 1.165) is 12.1 Å². The van der Waals surface area contributed by atoms with Crippen molar-refractivity contribution in [2.45, 2.75) is 32.7 Å². The Bertz CT molecular complexity index is 922. The van der Waals surface area contributed by atoms with Gasteiger partial charge in [-0.25, -0.2) is 9.48 Å². The molecule has 0 radical (unpaired) electrons. The van der Waals surface area contributed by atoms with Crippen molar-refractivity contribution in [2.75, 3.05) is 33.3 Å². The van der Waals surface area contributed by atoms with Gasteiger partial charge < -0.3 is 24.3 Å². The molecule has 3 rings (SSSR count). The molecule has 1 atom stereocenters. The Labute approximate surface area is 169 Å². The average molecular weight is 402 g/mol. The second kappa shape index (κ2) is 8.85. The number of esters is 1. The highest BCUT2D eigenvalue weighted by Gasteiger charge is 2.38. The Morgan fingerprint density at radius 3 is 2.52 bits per heavy atom. The van der Waals surface area contributed by atoms with E-state index in [2.05, 4.69) is 15.4 Å². The van der Waals surface area contributed by atoms with Crippen molar-refractivity contribution >= 4 is 11.9 Å². The number of benzene rings is 1. The van der Waals surface area contributed by atoms with Gasteiger partial charge in [0.2, 0.25) is 11.7 Å². The summed E-state index contributed by atoms with van der Waals surface area (Å²) >= 11 is 0. The van der Waals surface area contributed by atoms with Crippen molar-refractivity contribution in [3.63, 3.8) is 0 Å². The molecular weight excluding hydrogens is 376 g/mol. The Hall–Kier alpha value is -3.23. The molecule has 0 saturated carbocycles. The maximum atomic E-state index is 13.0. The van der Waals surface area contributed by atoms with E-state index in [4.69, 9.17) is 18.9 Å². The lowest BCUT2D eigenvalue weighted by molar-refractivity contribution is -0.139. The van der Waals surface area contributed by atoms with E-state index in [0.29, 0.717) is 40.8 Å². The van der Waals surface area contributed by atoms with Gasteiger partial charge in [0.05, 0.1) is 33.5 Å². The predicted molar refractivity (Wildman–Crippen MR) is 106 cm³/mol. The van der Waals surface area contributed by atoms with Crippen LogP contribution in [-0.2, 0) is 9.53 Å². The Kier molecular flexibility index (Phi) is 6.26. The van der Waals surface area contributed by atoms with Gasteiger partial charge in [0.25, 0.3) is 0 Å². The molecule has 2 heterocycles. The largest absolute Gasteiger partial charge is 0.493 e. The normalized spacial score (nSPS) is 15.4. The number of nitrogens with zero attached hydrogens (tertiary/aromatic N) is 3.